The Bertz CT molecular complexity index is 513. The van der Waals surface area contributed by atoms with Crippen molar-refractivity contribution in [2.75, 3.05) is 6.61 Å². The molecule has 2 heterocycles. The van der Waals surface area contributed by atoms with E-state index in [0.29, 0.717) is 0 Å². The molecule has 1 aromatic heterocycles. The lowest BCUT2D eigenvalue weighted by atomic mass is 10.1. The zero-order valence-electron chi connectivity index (χ0n) is 8.68. The van der Waals surface area contributed by atoms with Crippen molar-refractivity contribution in [1.82, 2.24) is 9.55 Å². The van der Waals surface area contributed by atoms with Gasteiger partial charge in [-0.15, -0.1) is 0 Å². The molecule has 0 aromatic carbocycles. The molecule has 2 rings (SSSR count). The monoisotopic (exact) mass is 260 g/mol. The first-order valence-corrected chi connectivity index (χ1v) is 5.39. The van der Waals surface area contributed by atoms with Crippen LogP contribution in [-0.2, 0) is 4.74 Å². The molecule has 17 heavy (non-hydrogen) atoms. The summed E-state index contributed by atoms with van der Waals surface area (Å²) < 4.78 is 6.55. The molecule has 4 N–H and O–H groups in total. The molecule has 1 saturated heterocycles. The number of aromatic nitrogens is 2. The van der Waals surface area contributed by atoms with Gasteiger partial charge in [0.05, 0.1) is 6.61 Å². The predicted octanol–water partition coefficient (Wildman–Crippen LogP) is -1.48. The Hall–Kier alpha value is -1.06. The Morgan fingerprint density at radius 2 is 2.18 bits per heavy atom. The first kappa shape index (κ1) is 12.4. The number of hydrogen-bond acceptors (Lipinski definition) is 6. The average molecular weight is 260 g/mol. The number of H-pyrrole nitrogens is 1. The van der Waals surface area contributed by atoms with E-state index in [0.717, 1.165) is 4.57 Å². The number of aliphatic hydroxyl groups is 3. The minimum atomic E-state index is -1.28. The summed E-state index contributed by atoms with van der Waals surface area (Å²) in [6.45, 7) is -0.438. The summed E-state index contributed by atoms with van der Waals surface area (Å²) in [5, 5.41) is 28.2. The summed E-state index contributed by atoms with van der Waals surface area (Å²) in [5.74, 6) is 0. The zero-order valence-corrected chi connectivity index (χ0v) is 9.50. The molecule has 4 atom stereocenters. The maximum atomic E-state index is 11.6. The molecule has 1 aromatic rings. The van der Waals surface area contributed by atoms with E-state index < -0.39 is 36.8 Å². The Labute approximate surface area is 101 Å². The van der Waals surface area contributed by atoms with Crippen LogP contribution < -0.4 is 5.69 Å². The van der Waals surface area contributed by atoms with E-state index >= 15 is 0 Å². The Kier molecular flexibility index (Phi) is 3.40. The summed E-state index contributed by atoms with van der Waals surface area (Å²) >= 11 is 4.77. The van der Waals surface area contributed by atoms with Crippen LogP contribution >= 0.6 is 12.2 Å². The maximum Gasteiger partial charge on any atom is 0.328 e. The molecule has 0 aliphatic carbocycles. The van der Waals surface area contributed by atoms with E-state index in [2.05, 4.69) is 4.98 Å². The highest BCUT2D eigenvalue weighted by Crippen LogP contribution is 2.27. The number of nitrogens with zero attached hydrogens (tertiary/aromatic N) is 1. The molecular formula is C9H12N2O5S. The van der Waals surface area contributed by atoms with Crippen molar-refractivity contribution in [2.24, 2.45) is 0 Å². The second kappa shape index (κ2) is 4.67. The van der Waals surface area contributed by atoms with Crippen molar-refractivity contribution in [3.8, 4) is 0 Å². The number of ether oxygens (including phenoxy) is 1. The van der Waals surface area contributed by atoms with Crippen LogP contribution in [0.3, 0.4) is 0 Å². The van der Waals surface area contributed by atoms with Gasteiger partial charge in [0, 0.05) is 6.20 Å². The third-order valence-corrected chi connectivity index (χ3v) is 2.88. The number of aliphatic hydroxyl groups excluding tert-OH is 3. The van der Waals surface area contributed by atoms with Gasteiger partial charge in [-0.3, -0.25) is 9.55 Å². The minimum absolute atomic E-state index is 0.262. The molecule has 2 unspecified atom stereocenters. The van der Waals surface area contributed by atoms with Crippen LogP contribution in [0.2, 0.25) is 0 Å². The molecular weight excluding hydrogens is 248 g/mol. The van der Waals surface area contributed by atoms with Crippen LogP contribution in [0, 0.1) is 4.64 Å². The van der Waals surface area contributed by atoms with Crippen LogP contribution in [0.5, 0.6) is 0 Å². The second-order valence-corrected chi connectivity index (χ2v) is 4.19. The fourth-order valence-electron chi connectivity index (χ4n) is 1.74. The van der Waals surface area contributed by atoms with Crippen molar-refractivity contribution in [2.45, 2.75) is 24.5 Å². The highest BCUT2D eigenvalue weighted by atomic mass is 32.1. The van der Waals surface area contributed by atoms with Gasteiger partial charge >= 0.3 is 5.69 Å². The number of aromatic amines is 1. The lowest BCUT2D eigenvalue weighted by Crippen LogP contribution is -2.35. The van der Waals surface area contributed by atoms with Crippen molar-refractivity contribution in [3.05, 3.63) is 27.4 Å². The van der Waals surface area contributed by atoms with Gasteiger partial charge in [0.15, 0.2) is 6.23 Å². The molecule has 0 saturated carbocycles. The lowest BCUT2D eigenvalue weighted by Gasteiger charge is -2.16. The maximum absolute atomic E-state index is 11.6. The van der Waals surface area contributed by atoms with Crippen LogP contribution in [0.25, 0.3) is 0 Å². The zero-order chi connectivity index (χ0) is 12.6. The smallest absolute Gasteiger partial charge is 0.328 e. The minimum Gasteiger partial charge on any atom is -0.394 e. The summed E-state index contributed by atoms with van der Waals surface area (Å²) in [7, 11) is 0. The summed E-state index contributed by atoms with van der Waals surface area (Å²) in [4.78, 5) is 14.0. The molecule has 0 spiro atoms. The molecule has 0 bridgehead atoms. The summed E-state index contributed by atoms with van der Waals surface area (Å²) in [5.41, 5.74) is -0.549. The van der Waals surface area contributed by atoms with Gasteiger partial charge in [-0.2, -0.15) is 0 Å². The van der Waals surface area contributed by atoms with Crippen LogP contribution in [-0.4, -0.2) is 49.8 Å². The van der Waals surface area contributed by atoms with Gasteiger partial charge in [-0.25, -0.2) is 4.79 Å². The lowest BCUT2D eigenvalue weighted by molar-refractivity contribution is -0.0550. The summed E-state index contributed by atoms with van der Waals surface area (Å²) in [6, 6.07) is 1.46. The molecule has 7 nitrogen and oxygen atoms in total. The molecule has 0 amide bonds. The predicted molar refractivity (Wildman–Crippen MR) is 58.9 cm³/mol. The molecule has 0 radical (unpaired) electrons. The van der Waals surface area contributed by atoms with Gasteiger partial charge in [0.25, 0.3) is 0 Å². The second-order valence-electron chi connectivity index (χ2n) is 3.75. The van der Waals surface area contributed by atoms with Crippen molar-refractivity contribution in [1.29, 1.82) is 0 Å². The van der Waals surface area contributed by atoms with Gasteiger partial charge in [-0.05, 0) is 6.07 Å². The number of hydrogen-bond donors (Lipinski definition) is 4. The van der Waals surface area contributed by atoms with Crippen molar-refractivity contribution < 1.29 is 20.1 Å². The third-order valence-electron chi connectivity index (χ3n) is 2.64. The Morgan fingerprint density at radius 3 is 2.71 bits per heavy atom. The summed E-state index contributed by atoms with van der Waals surface area (Å²) in [6.07, 6.45) is -3.11. The van der Waals surface area contributed by atoms with Crippen molar-refractivity contribution >= 4 is 12.2 Å². The molecule has 94 valence electrons. The average Bonchev–Trinajstić information content (AvgIpc) is 2.57. The van der Waals surface area contributed by atoms with E-state index in [9.17, 15) is 15.0 Å². The Balaban J connectivity index is 2.35. The highest BCUT2D eigenvalue weighted by Gasteiger charge is 2.43. The highest BCUT2D eigenvalue weighted by molar-refractivity contribution is 7.71. The van der Waals surface area contributed by atoms with E-state index in [-0.39, 0.29) is 4.64 Å². The van der Waals surface area contributed by atoms with E-state index in [1.54, 1.807) is 0 Å². The quantitative estimate of drug-likeness (QED) is 0.483. The topological polar surface area (TPSA) is 108 Å². The van der Waals surface area contributed by atoms with Crippen LogP contribution in [0.4, 0.5) is 0 Å². The van der Waals surface area contributed by atoms with E-state index in [1.165, 1.54) is 12.3 Å². The fraction of sp³-hybridized carbons (Fsp3) is 0.556. The SMILES string of the molecule is O=c1[nH]c(=S)ccn1[C@@H]1OC(CO)C(O)[C@@H]1O. The first-order chi connectivity index (χ1) is 8.04. The van der Waals surface area contributed by atoms with Gasteiger partial charge in [-0.1, -0.05) is 12.2 Å². The van der Waals surface area contributed by atoms with E-state index in [1.807, 2.05) is 0 Å². The van der Waals surface area contributed by atoms with Gasteiger partial charge in [0.2, 0.25) is 0 Å². The third kappa shape index (κ3) is 2.17. The van der Waals surface area contributed by atoms with E-state index in [4.69, 9.17) is 22.1 Å². The first-order valence-electron chi connectivity index (χ1n) is 4.98. The van der Waals surface area contributed by atoms with Crippen LogP contribution in [0.15, 0.2) is 17.1 Å². The Morgan fingerprint density at radius 1 is 1.47 bits per heavy atom. The standard InChI is InChI=1S/C9H12N2O5S/c12-3-4-6(13)7(14)8(16-4)11-2-1-5(17)10-9(11)15/h1-2,4,6-8,12-14H,3H2,(H,10,15,17)/t4?,6?,7-,8+/m0/s1. The molecule has 1 aliphatic heterocycles. The number of nitrogens with one attached hydrogen (secondary N) is 1. The normalized spacial score (nSPS) is 32.9. The molecule has 8 heteroatoms. The van der Waals surface area contributed by atoms with Crippen molar-refractivity contribution in [3.63, 3.8) is 0 Å². The fourth-order valence-corrected chi connectivity index (χ4v) is 1.89. The van der Waals surface area contributed by atoms with Crippen LogP contribution in [0.1, 0.15) is 6.23 Å². The largest absolute Gasteiger partial charge is 0.394 e. The molecule has 1 fully saturated rings. The number of rotatable bonds is 2. The van der Waals surface area contributed by atoms with Gasteiger partial charge < -0.3 is 20.1 Å². The molecule has 1 aliphatic rings. The van der Waals surface area contributed by atoms with Gasteiger partial charge in [0.1, 0.15) is 23.0 Å².